The van der Waals surface area contributed by atoms with Crippen LogP contribution in [-0.4, -0.2) is 17.3 Å². The summed E-state index contributed by atoms with van der Waals surface area (Å²) in [7, 11) is 0. The number of ketones is 3. The summed E-state index contributed by atoms with van der Waals surface area (Å²) in [5.74, 6) is 0.616. The molecule has 0 radical (unpaired) electrons. The Morgan fingerprint density at radius 1 is 0.767 bits per heavy atom. The molecule has 0 fully saturated rings. The highest BCUT2D eigenvalue weighted by Crippen LogP contribution is 2.23. The Hall–Kier alpha value is -3.53. The van der Waals surface area contributed by atoms with Gasteiger partial charge in [-0.15, -0.1) is 0 Å². The highest BCUT2D eigenvalue weighted by atomic mass is 16.5. The molecular weight excluding hydrogens is 376 g/mol. The summed E-state index contributed by atoms with van der Waals surface area (Å²) in [5.41, 5.74) is 3.67. The Labute approximate surface area is 176 Å². The lowest BCUT2D eigenvalue weighted by molar-refractivity contribution is 0.0989. The summed E-state index contributed by atoms with van der Waals surface area (Å²) in [6, 6.07) is 21.5. The molecule has 4 nitrogen and oxygen atoms in total. The summed E-state index contributed by atoms with van der Waals surface area (Å²) >= 11 is 0. The number of rotatable bonds is 8. The van der Waals surface area contributed by atoms with Crippen LogP contribution in [0.25, 0.3) is 0 Å². The maximum absolute atomic E-state index is 12.7. The summed E-state index contributed by atoms with van der Waals surface area (Å²) in [5, 5.41) is 0. The van der Waals surface area contributed by atoms with Gasteiger partial charge in [-0.1, -0.05) is 60.7 Å². The fraction of sp³-hybridized carbons (Fsp3) is 0.192. The molecule has 4 heteroatoms. The smallest absolute Gasteiger partial charge is 0.167 e. The van der Waals surface area contributed by atoms with Crippen molar-refractivity contribution >= 4 is 17.3 Å². The Morgan fingerprint density at radius 2 is 1.33 bits per heavy atom. The molecule has 3 aromatic rings. The van der Waals surface area contributed by atoms with Crippen molar-refractivity contribution < 1.29 is 19.1 Å². The normalized spacial score (nSPS) is 11.6. The maximum atomic E-state index is 12.7. The number of hydrogen-bond donors (Lipinski definition) is 0. The van der Waals surface area contributed by atoms with Gasteiger partial charge in [0, 0.05) is 23.1 Å². The first kappa shape index (κ1) is 21.2. The third-order valence-electron chi connectivity index (χ3n) is 4.98. The van der Waals surface area contributed by atoms with Gasteiger partial charge in [-0.2, -0.15) is 0 Å². The Morgan fingerprint density at radius 3 is 1.90 bits per heavy atom. The summed E-state index contributed by atoms with van der Waals surface area (Å²) in [6.07, 6.45) is 0.0273. The summed E-state index contributed by atoms with van der Waals surface area (Å²) in [4.78, 5) is 35.5. The first-order chi connectivity index (χ1) is 14.3. The van der Waals surface area contributed by atoms with Crippen molar-refractivity contribution in [1.29, 1.82) is 0 Å². The van der Waals surface area contributed by atoms with Crippen LogP contribution in [0.4, 0.5) is 0 Å². The third-order valence-corrected chi connectivity index (χ3v) is 4.98. The van der Waals surface area contributed by atoms with Crippen molar-refractivity contribution in [3.8, 4) is 5.75 Å². The van der Waals surface area contributed by atoms with E-state index in [1.54, 1.807) is 42.5 Å². The summed E-state index contributed by atoms with van der Waals surface area (Å²) < 4.78 is 6.01. The van der Waals surface area contributed by atoms with Crippen molar-refractivity contribution in [2.45, 2.75) is 33.3 Å². The van der Waals surface area contributed by atoms with Crippen molar-refractivity contribution in [3.05, 3.63) is 101 Å². The van der Waals surface area contributed by atoms with Gasteiger partial charge >= 0.3 is 0 Å². The first-order valence-electron chi connectivity index (χ1n) is 9.84. The fourth-order valence-electron chi connectivity index (χ4n) is 3.15. The molecule has 0 aromatic heterocycles. The second-order valence-electron chi connectivity index (χ2n) is 7.32. The quantitative estimate of drug-likeness (QED) is 0.458. The molecule has 0 amide bonds. The Bertz CT molecular complexity index is 1060. The standard InChI is InChI=1S/C26H24O4/c1-17(27)21-9-7-20(8-10-21)15-26(29)24-5-4-6-25(16-24)30-19(3)23-13-11-22(12-14-23)18(2)28/h4-14,16,19H,15H2,1-3H3/t19-/m0/s1. The fourth-order valence-corrected chi connectivity index (χ4v) is 3.15. The van der Waals surface area contributed by atoms with E-state index in [2.05, 4.69) is 0 Å². The predicted molar refractivity (Wildman–Crippen MR) is 116 cm³/mol. The largest absolute Gasteiger partial charge is 0.486 e. The van der Waals surface area contributed by atoms with E-state index in [0.29, 0.717) is 22.4 Å². The highest BCUT2D eigenvalue weighted by Gasteiger charge is 2.12. The third kappa shape index (κ3) is 5.29. The van der Waals surface area contributed by atoms with Gasteiger partial charge in [0.15, 0.2) is 17.3 Å². The molecule has 3 aromatic carbocycles. The second kappa shape index (κ2) is 9.31. The average molecular weight is 400 g/mol. The van der Waals surface area contributed by atoms with E-state index >= 15 is 0 Å². The minimum atomic E-state index is -0.226. The van der Waals surface area contributed by atoms with Crippen LogP contribution in [0.1, 0.15) is 69.1 Å². The van der Waals surface area contributed by atoms with Crippen LogP contribution in [0.3, 0.4) is 0 Å². The second-order valence-corrected chi connectivity index (χ2v) is 7.32. The van der Waals surface area contributed by atoms with Crippen LogP contribution in [0.15, 0.2) is 72.8 Å². The minimum Gasteiger partial charge on any atom is -0.486 e. The molecule has 30 heavy (non-hydrogen) atoms. The average Bonchev–Trinajstić information content (AvgIpc) is 2.74. The van der Waals surface area contributed by atoms with Crippen molar-refractivity contribution in [2.24, 2.45) is 0 Å². The topological polar surface area (TPSA) is 60.4 Å². The zero-order chi connectivity index (χ0) is 21.7. The zero-order valence-corrected chi connectivity index (χ0v) is 17.3. The van der Waals surface area contributed by atoms with Gasteiger partial charge in [-0.25, -0.2) is 0 Å². The Balaban J connectivity index is 1.68. The van der Waals surface area contributed by atoms with E-state index in [1.807, 2.05) is 37.3 Å². The number of Topliss-reactive ketones (excluding diaryl/α,β-unsaturated/α-hetero) is 3. The number of ether oxygens (including phenoxy) is 1. The molecule has 0 spiro atoms. The molecule has 0 saturated heterocycles. The van der Waals surface area contributed by atoms with E-state index < -0.39 is 0 Å². The lowest BCUT2D eigenvalue weighted by atomic mass is 10.0. The van der Waals surface area contributed by atoms with E-state index in [0.717, 1.165) is 11.1 Å². The molecule has 0 aliphatic heterocycles. The van der Waals surface area contributed by atoms with Crippen LogP contribution in [0.2, 0.25) is 0 Å². The van der Waals surface area contributed by atoms with E-state index in [-0.39, 0.29) is 29.9 Å². The van der Waals surface area contributed by atoms with Gasteiger partial charge in [-0.05, 0) is 44.0 Å². The van der Waals surface area contributed by atoms with Gasteiger partial charge in [0.05, 0.1) is 0 Å². The SMILES string of the molecule is CC(=O)c1ccc(CC(=O)c2cccc(O[C@@H](C)c3ccc(C(C)=O)cc3)c2)cc1. The zero-order valence-electron chi connectivity index (χ0n) is 17.3. The molecule has 1 atom stereocenters. The van der Waals surface area contributed by atoms with Gasteiger partial charge in [-0.3, -0.25) is 14.4 Å². The molecule has 0 aliphatic carbocycles. The van der Waals surface area contributed by atoms with Gasteiger partial charge in [0.25, 0.3) is 0 Å². The van der Waals surface area contributed by atoms with Crippen LogP contribution in [0.5, 0.6) is 5.75 Å². The minimum absolute atomic E-state index is 0.00257. The number of carbonyl (C=O) groups excluding carboxylic acids is 3. The van der Waals surface area contributed by atoms with Gasteiger partial charge < -0.3 is 4.74 Å². The van der Waals surface area contributed by atoms with Gasteiger partial charge in [0.1, 0.15) is 11.9 Å². The molecular formula is C26H24O4. The highest BCUT2D eigenvalue weighted by molar-refractivity contribution is 5.98. The molecule has 3 rings (SSSR count). The number of carbonyl (C=O) groups is 3. The lowest BCUT2D eigenvalue weighted by Gasteiger charge is -2.16. The van der Waals surface area contributed by atoms with Crippen LogP contribution >= 0.6 is 0 Å². The molecule has 0 heterocycles. The van der Waals surface area contributed by atoms with Crippen molar-refractivity contribution in [1.82, 2.24) is 0 Å². The molecule has 0 saturated carbocycles. The molecule has 0 unspecified atom stereocenters. The molecule has 0 aliphatic rings. The van der Waals surface area contributed by atoms with Crippen LogP contribution in [-0.2, 0) is 6.42 Å². The van der Waals surface area contributed by atoms with E-state index in [9.17, 15) is 14.4 Å². The molecule has 0 N–H and O–H groups in total. The monoisotopic (exact) mass is 400 g/mol. The van der Waals surface area contributed by atoms with Crippen molar-refractivity contribution in [3.63, 3.8) is 0 Å². The number of benzene rings is 3. The number of hydrogen-bond acceptors (Lipinski definition) is 4. The summed E-state index contributed by atoms with van der Waals surface area (Å²) in [6.45, 7) is 4.98. The maximum Gasteiger partial charge on any atom is 0.167 e. The van der Waals surface area contributed by atoms with E-state index in [4.69, 9.17) is 4.74 Å². The predicted octanol–water partition coefficient (Wildman–Crippen LogP) is 5.66. The lowest BCUT2D eigenvalue weighted by Crippen LogP contribution is -2.06. The Kier molecular flexibility index (Phi) is 6.58. The van der Waals surface area contributed by atoms with Gasteiger partial charge in [0.2, 0.25) is 0 Å². The van der Waals surface area contributed by atoms with Crippen molar-refractivity contribution in [2.75, 3.05) is 0 Å². The molecule has 152 valence electrons. The van der Waals surface area contributed by atoms with Crippen LogP contribution < -0.4 is 4.74 Å². The van der Waals surface area contributed by atoms with E-state index in [1.165, 1.54) is 13.8 Å². The first-order valence-corrected chi connectivity index (χ1v) is 9.84. The van der Waals surface area contributed by atoms with Crippen LogP contribution in [0, 0.1) is 0 Å². The molecule has 0 bridgehead atoms.